The number of carbonyl (C=O) groups excluding carboxylic acids is 1. The second kappa shape index (κ2) is 4.83. The van der Waals surface area contributed by atoms with E-state index in [1.54, 1.807) is 12.1 Å². The fourth-order valence-electron chi connectivity index (χ4n) is 1.75. The zero-order valence-corrected chi connectivity index (χ0v) is 9.94. The van der Waals surface area contributed by atoms with Crippen molar-refractivity contribution >= 4 is 5.97 Å². The third-order valence-electron chi connectivity index (χ3n) is 2.41. The topological polar surface area (TPSA) is 26.3 Å². The molecule has 0 saturated heterocycles. The van der Waals surface area contributed by atoms with Crippen LogP contribution in [0.25, 0.3) is 0 Å². The summed E-state index contributed by atoms with van der Waals surface area (Å²) in [5, 5.41) is 0. The second-order valence-corrected chi connectivity index (χ2v) is 4.08. The number of carbonyl (C=O) groups is 1. The van der Waals surface area contributed by atoms with Gasteiger partial charge in [-0.15, -0.1) is 0 Å². The fraction of sp³-hybridized carbons (Fsp3) is 0.133. The number of benzene rings is 2. The Bertz CT molecular complexity index is 510. The predicted octanol–water partition coefficient (Wildman–Crippen LogP) is 3.52. The molecule has 0 N–H and O–H groups in total. The van der Waals surface area contributed by atoms with Crippen molar-refractivity contribution in [2.45, 2.75) is 13.8 Å². The number of esters is 1. The molecule has 0 aliphatic rings. The van der Waals surface area contributed by atoms with Crippen LogP contribution in [0.1, 0.15) is 21.5 Å². The zero-order valence-electron chi connectivity index (χ0n) is 9.94. The van der Waals surface area contributed by atoms with E-state index in [9.17, 15) is 4.79 Å². The van der Waals surface area contributed by atoms with Crippen molar-refractivity contribution in [3.05, 3.63) is 65.2 Å². The van der Waals surface area contributed by atoms with Crippen molar-refractivity contribution < 1.29 is 9.53 Å². The van der Waals surface area contributed by atoms with Crippen molar-refractivity contribution in [1.29, 1.82) is 0 Å². The second-order valence-electron chi connectivity index (χ2n) is 4.08. The van der Waals surface area contributed by atoms with Gasteiger partial charge in [0.2, 0.25) is 0 Å². The Hall–Kier alpha value is -2.09. The first-order valence-electron chi connectivity index (χ1n) is 5.51. The van der Waals surface area contributed by atoms with Gasteiger partial charge in [0.25, 0.3) is 0 Å². The standard InChI is InChI=1S/C15H14O2/c1-11-8-12(2)10-13(9-11)15(16)17-14-6-4-3-5-7-14/h3-10H,1-2H3. The lowest BCUT2D eigenvalue weighted by atomic mass is 10.1. The summed E-state index contributed by atoms with van der Waals surface area (Å²) < 4.78 is 5.27. The number of rotatable bonds is 2. The highest BCUT2D eigenvalue weighted by Gasteiger charge is 2.09. The summed E-state index contributed by atoms with van der Waals surface area (Å²) in [5.74, 6) is 0.250. The molecule has 0 amide bonds. The normalized spacial score (nSPS) is 10.0. The maximum atomic E-state index is 11.9. The summed E-state index contributed by atoms with van der Waals surface area (Å²) in [6, 6.07) is 14.8. The van der Waals surface area contributed by atoms with Gasteiger partial charge in [-0.1, -0.05) is 35.4 Å². The molecule has 2 heteroatoms. The number of hydrogen-bond acceptors (Lipinski definition) is 2. The van der Waals surface area contributed by atoms with Gasteiger partial charge in [-0.05, 0) is 38.1 Å². The van der Waals surface area contributed by atoms with Crippen LogP contribution in [-0.4, -0.2) is 5.97 Å². The molecule has 0 aliphatic carbocycles. The van der Waals surface area contributed by atoms with Gasteiger partial charge in [0.15, 0.2) is 0 Å². The van der Waals surface area contributed by atoms with Gasteiger partial charge in [-0.25, -0.2) is 4.79 Å². The van der Waals surface area contributed by atoms with Crippen molar-refractivity contribution in [2.24, 2.45) is 0 Å². The Balaban J connectivity index is 2.20. The van der Waals surface area contributed by atoms with E-state index in [1.807, 2.05) is 50.2 Å². The third kappa shape index (κ3) is 2.94. The fourth-order valence-corrected chi connectivity index (χ4v) is 1.75. The molecule has 0 fully saturated rings. The summed E-state index contributed by atoms with van der Waals surface area (Å²) in [6.07, 6.45) is 0. The molecule has 86 valence electrons. The van der Waals surface area contributed by atoms with E-state index in [-0.39, 0.29) is 5.97 Å². The van der Waals surface area contributed by atoms with Crippen LogP contribution >= 0.6 is 0 Å². The molecule has 0 saturated carbocycles. The van der Waals surface area contributed by atoms with Crippen LogP contribution in [0, 0.1) is 13.8 Å². The van der Waals surface area contributed by atoms with Gasteiger partial charge in [0.05, 0.1) is 5.56 Å². The van der Waals surface area contributed by atoms with Gasteiger partial charge < -0.3 is 4.74 Å². The predicted molar refractivity (Wildman–Crippen MR) is 67.3 cm³/mol. The molecule has 2 nitrogen and oxygen atoms in total. The van der Waals surface area contributed by atoms with Crippen LogP contribution < -0.4 is 4.74 Å². The van der Waals surface area contributed by atoms with E-state index in [1.165, 1.54) is 0 Å². The van der Waals surface area contributed by atoms with E-state index < -0.39 is 0 Å². The summed E-state index contributed by atoms with van der Waals surface area (Å²) in [7, 11) is 0. The van der Waals surface area contributed by atoms with Gasteiger partial charge >= 0.3 is 5.97 Å². The Labute approximate surface area is 101 Å². The molecular weight excluding hydrogens is 212 g/mol. The number of hydrogen-bond donors (Lipinski definition) is 0. The van der Waals surface area contributed by atoms with Crippen molar-refractivity contribution in [3.8, 4) is 5.75 Å². The zero-order chi connectivity index (χ0) is 12.3. The lowest BCUT2D eigenvalue weighted by Crippen LogP contribution is -2.08. The molecule has 2 rings (SSSR count). The molecule has 0 unspecified atom stereocenters. The van der Waals surface area contributed by atoms with E-state index in [0.717, 1.165) is 11.1 Å². The average Bonchev–Trinajstić information content (AvgIpc) is 2.29. The Morgan fingerprint density at radius 2 is 1.53 bits per heavy atom. The average molecular weight is 226 g/mol. The van der Waals surface area contributed by atoms with Crippen molar-refractivity contribution in [3.63, 3.8) is 0 Å². The smallest absolute Gasteiger partial charge is 0.343 e. The quantitative estimate of drug-likeness (QED) is 0.578. The Morgan fingerprint density at radius 3 is 2.12 bits per heavy atom. The van der Waals surface area contributed by atoms with Crippen LogP contribution in [0.2, 0.25) is 0 Å². The van der Waals surface area contributed by atoms with Gasteiger partial charge in [0, 0.05) is 0 Å². The molecule has 0 aromatic heterocycles. The van der Waals surface area contributed by atoms with E-state index in [4.69, 9.17) is 4.74 Å². The highest BCUT2D eigenvalue weighted by atomic mass is 16.5. The molecule has 0 radical (unpaired) electrons. The van der Waals surface area contributed by atoms with E-state index >= 15 is 0 Å². The molecule has 0 bridgehead atoms. The molecule has 0 aliphatic heterocycles. The largest absolute Gasteiger partial charge is 0.423 e. The molecule has 0 atom stereocenters. The highest BCUT2D eigenvalue weighted by molar-refractivity contribution is 5.91. The van der Waals surface area contributed by atoms with Crippen LogP contribution in [0.5, 0.6) is 5.75 Å². The molecule has 2 aromatic carbocycles. The van der Waals surface area contributed by atoms with Gasteiger partial charge in [-0.2, -0.15) is 0 Å². The first-order chi connectivity index (χ1) is 8.15. The Kier molecular flexibility index (Phi) is 3.24. The molecule has 17 heavy (non-hydrogen) atoms. The van der Waals surface area contributed by atoms with Gasteiger partial charge in [0.1, 0.15) is 5.75 Å². The van der Waals surface area contributed by atoms with E-state index in [0.29, 0.717) is 11.3 Å². The number of aryl methyl sites for hydroxylation is 2. The molecule has 0 spiro atoms. The maximum Gasteiger partial charge on any atom is 0.343 e. The van der Waals surface area contributed by atoms with Crippen molar-refractivity contribution in [1.82, 2.24) is 0 Å². The summed E-state index contributed by atoms with van der Waals surface area (Å²) in [4.78, 5) is 11.9. The number of para-hydroxylation sites is 1. The minimum Gasteiger partial charge on any atom is -0.423 e. The van der Waals surface area contributed by atoms with Crippen LogP contribution in [0.4, 0.5) is 0 Å². The molecule has 2 aromatic rings. The van der Waals surface area contributed by atoms with Gasteiger partial charge in [-0.3, -0.25) is 0 Å². The van der Waals surface area contributed by atoms with Crippen molar-refractivity contribution in [2.75, 3.05) is 0 Å². The Morgan fingerprint density at radius 1 is 0.941 bits per heavy atom. The first-order valence-corrected chi connectivity index (χ1v) is 5.51. The molecular formula is C15H14O2. The SMILES string of the molecule is Cc1cc(C)cc(C(=O)Oc2ccccc2)c1. The van der Waals surface area contributed by atoms with Crippen LogP contribution in [0.15, 0.2) is 48.5 Å². The lowest BCUT2D eigenvalue weighted by molar-refractivity contribution is 0.0734. The minimum absolute atomic E-state index is 0.317. The maximum absolute atomic E-state index is 11.9. The summed E-state index contributed by atoms with van der Waals surface area (Å²) >= 11 is 0. The number of ether oxygens (including phenoxy) is 1. The summed E-state index contributed by atoms with van der Waals surface area (Å²) in [5.41, 5.74) is 2.71. The minimum atomic E-state index is -0.317. The van der Waals surface area contributed by atoms with E-state index in [2.05, 4.69) is 0 Å². The monoisotopic (exact) mass is 226 g/mol. The molecule has 0 heterocycles. The lowest BCUT2D eigenvalue weighted by Gasteiger charge is -2.05. The highest BCUT2D eigenvalue weighted by Crippen LogP contribution is 2.14. The van der Waals surface area contributed by atoms with Crippen LogP contribution in [-0.2, 0) is 0 Å². The third-order valence-corrected chi connectivity index (χ3v) is 2.41. The first kappa shape index (κ1) is 11.4. The summed E-state index contributed by atoms with van der Waals surface area (Å²) in [6.45, 7) is 3.93. The van der Waals surface area contributed by atoms with Crippen LogP contribution in [0.3, 0.4) is 0 Å².